The summed E-state index contributed by atoms with van der Waals surface area (Å²) in [5, 5.41) is 0. The Morgan fingerprint density at radius 3 is 1.40 bits per heavy atom. The summed E-state index contributed by atoms with van der Waals surface area (Å²) in [6, 6.07) is 5.72. The van der Waals surface area contributed by atoms with E-state index >= 15 is 0 Å². The highest BCUT2D eigenvalue weighted by Gasteiger charge is 2.26. The second-order valence-electron chi connectivity index (χ2n) is 4.70. The molecule has 15 heavy (non-hydrogen) atoms. The van der Waals surface area contributed by atoms with Gasteiger partial charge < -0.3 is 5.73 Å². The van der Waals surface area contributed by atoms with Gasteiger partial charge in [0.05, 0.1) is 0 Å². The van der Waals surface area contributed by atoms with E-state index in [1.54, 1.807) is 12.4 Å². The topological polar surface area (TPSA) is 38.9 Å². The first-order valence-electron chi connectivity index (χ1n) is 5.53. The summed E-state index contributed by atoms with van der Waals surface area (Å²) in [7, 11) is 0. The van der Waals surface area contributed by atoms with E-state index < -0.39 is 0 Å². The fourth-order valence-corrected chi connectivity index (χ4v) is 0.979. The Kier molecular flexibility index (Phi) is 6.18. The third-order valence-electron chi connectivity index (χ3n) is 3.05. The molecule has 0 aliphatic rings. The summed E-state index contributed by atoms with van der Waals surface area (Å²) in [5.41, 5.74) is 6.00. The normalized spacial score (nSPS) is 11.2. The Balaban J connectivity index is 0.000000280. The van der Waals surface area contributed by atoms with Gasteiger partial charge in [0.15, 0.2) is 0 Å². The van der Waals surface area contributed by atoms with E-state index in [9.17, 15) is 0 Å². The predicted molar refractivity (Wildman–Crippen MR) is 66.5 cm³/mol. The number of rotatable bonds is 2. The van der Waals surface area contributed by atoms with Gasteiger partial charge in [0.2, 0.25) is 0 Å². The molecule has 0 spiro atoms. The van der Waals surface area contributed by atoms with Crippen molar-refractivity contribution in [2.24, 2.45) is 17.6 Å². The van der Waals surface area contributed by atoms with Crippen molar-refractivity contribution < 1.29 is 0 Å². The zero-order valence-electron chi connectivity index (χ0n) is 10.6. The molecule has 2 nitrogen and oxygen atoms in total. The first-order valence-corrected chi connectivity index (χ1v) is 5.53. The SMILES string of the molecule is CC(C)C(C)(N)C(C)C.c1ccncc1. The highest BCUT2D eigenvalue weighted by Crippen LogP contribution is 2.21. The van der Waals surface area contributed by atoms with Crippen molar-refractivity contribution in [2.45, 2.75) is 40.2 Å². The van der Waals surface area contributed by atoms with Crippen LogP contribution >= 0.6 is 0 Å². The van der Waals surface area contributed by atoms with Gasteiger partial charge in [0.1, 0.15) is 0 Å². The van der Waals surface area contributed by atoms with Gasteiger partial charge >= 0.3 is 0 Å². The highest BCUT2D eigenvalue weighted by molar-refractivity contribution is 4.88. The zero-order chi connectivity index (χ0) is 11.9. The van der Waals surface area contributed by atoms with Gasteiger partial charge in [-0.3, -0.25) is 4.98 Å². The van der Waals surface area contributed by atoms with Crippen molar-refractivity contribution in [1.29, 1.82) is 0 Å². The van der Waals surface area contributed by atoms with Gasteiger partial charge in [0.25, 0.3) is 0 Å². The Labute approximate surface area is 93.9 Å². The lowest BCUT2D eigenvalue weighted by atomic mass is 9.80. The fourth-order valence-electron chi connectivity index (χ4n) is 0.979. The van der Waals surface area contributed by atoms with Crippen molar-refractivity contribution in [1.82, 2.24) is 4.98 Å². The fraction of sp³-hybridized carbons (Fsp3) is 0.615. The summed E-state index contributed by atoms with van der Waals surface area (Å²) in [5.74, 6) is 1.13. The molecule has 0 fully saturated rings. The van der Waals surface area contributed by atoms with Gasteiger partial charge in [0, 0.05) is 17.9 Å². The quantitative estimate of drug-likeness (QED) is 0.811. The number of aromatic nitrogens is 1. The van der Waals surface area contributed by atoms with Gasteiger partial charge in [-0.05, 0) is 30.9 Å². The molecule has 0 saturated heterocycles. The van der Waals surface area contributed by atoms with Crippen molar-refractivity contribution in [3.63, 3.8) is 0 Å². The molecule has 2 heteroatoms. The minimum absolute atomic E-state index is 0.000000000000000222. The zero-order valence-corrected chi connectivity index (χ0v) is 10.6. The van der Waals surface area contributed by atoms with Crippen molar-refractivity contribution in [3.8, 4) is 0 Å². The third kappa shape index (κ3) is 5.53. The Morgan fingerprint density at radius 2 is 1.33 bits per heavy atom. The summed E-state index contributed by atoms with van der Waals surface area (Å²) in [6.07, 6.45) is 3.50. The maximum absolute atomic E-state index is 6.00. The van der Waals surface area contributed by atoms with Gasteiger partial charge in [-0.25, -0.2) is 0 Å². The van der Waals surface area contributed by atoms with Gasteiger partial charge in [-0.15, -0.1) is 0 Å². The molecule has 1 heterocycles. The van der Waals surface area contributed by atoms with E-state index in [4.69, 9.17) is 5.73 Å². The molecule has 0 atom stereocenters. The van der Waals surface area contributed by atoms with Crippen LogP contribution in [0.4, 0.5) is 0 Å². The Bertz CT molecular complexity index is 203. The smallest absolute Gasteiger partial charge is 0.0267 e. The molecule has 1 rings (SSSR count). The maximum atomic E-state index is 6.00. The molecule has 1 aromatic heterocycles. The summed E-state index contributed by atoms with van der Waals surface area (Å²) < 4.78 is 0. The summed E-state index contributed by atoms with van der Waals surface area (Å²) in [6.45, 7) is 10.8. The summed E-state index contributed by atoms with van der Waals surface area (Å²) in [4.78, 5) is 3.78. The predicted octanol–water partition coefficient (Wildman–Crippen LogP) is 3.10. The standard InChI is InChI=1S/C8H19N.C5H5N/c1-6(2)8(5,9)7(3)4;1-2-4-6-5-3-1/h6-7H,9H2,1-5H3;1-5H. The highest BCUT2D eigenvalue weighted by atomic mass is 14.7. The number of hydrogen-bond donors (Lipinski definition) is 1. The molecule has 2 N–H and O–H groups in total. The van der Waals surface area contributed by atoms with Crippen LogP contribution in [-0.4, -0.2) is 10.5 Å². The average Bonchev–Trinajstić information content (AvgIpc) is 2.21. The molecule has 1 aromatic rings. The minimum atomic E-state index is 0.000000000000000222. The third-order valence-corrected chi connectivity index (χ3v) is 3.05. The van der Waals surface area contributed by atoms with Crippen LogP contribution in [0.2, 0.25) is 0 Å². The molecule has 0 unspecified atom stereocenters. The average molecular weight is 208 g/mol. The monoisotopic (exact) mass is 208 g/mol. The van der Waals surface area contributed by atoms with Crippen molar-refractivity contribution in [3.05, 3.63) is 30.6 Å². The van der Waals surface area contributed by atoms with Crippen LogP contribution < -0.4 is 5.73 Å². The Morgan fingerprint density at radius 1 is 0.933 bits per heavy atom. The van der Waals surface area contributed by atoms with Crippen molar-refractivity contribution in [2.75, 3.05) is 0 Å². The molecule has 86 valence electrons. The van der Waals surface area contributed by atoms with E-state index in [2.05, 4.69) is 39.6 Å². The van der Waals surface area contributed by atoms with Crippen LogP contribution in [0.3, 0.4) is 0 Å². The number of nitrogens with zero attached hydrogens (tertiary/aromatic N) is 1. The second-order valence-corrected chi connectivity index (χ2v) is 4.70. The van der Waals surface area contributed by atoms with Gasteiger partial charge in [-0.1, -0.05) is 33.8 Å². The summed E-state index contributed by atoms with van der Waals surface area (Å²) >= 11 is 0. The van der Waals surface area contributed by atoms with Crippen molar-refractivity contribution >= 4 is 0 Å². The number of hydrogen-bond acceptors (Lipinski definition) is 2. The maximum Gasteiger partial charge on any atom is 0.0267 e. The van der Waals surface area contributed by atoms with Gasteiger partial charge in [-0.2, -0.15) is 0 Å². The Hall–Kier alpha value is -0.890. The lowest BCUT2D eigenvalue weighted by molar-refractivity contribution is 0.250. The number of nitrogens with two attached hydrogens (primary N) is 1. The lowest BCUT2D eigenvalue weighted by Gasteiger charge is -2.33. The molecule has 0 radical (unpaired) electrons. The molecular weight excluding hydrogens is 184 g/mol. The molecule has 0 amide bonds. The van der Waals surface area contributed by atoms with Crippen LogP contribution in [0.15, 0.2) is 30.6 Å². The molecule has 0 aliphatic carbocycles. The van der Waals surface area contributed by atoms with Crippen LogP contribution in [0.5, 0.6) is 0 Å². The molecule has 0 aliphatic heterocycles. The first kappa shape index (κ1) is 14.1. The largest absolute Gasteiger partial charge is 0.325 e. The van der Waals surface area contributed by atoms with Crippen LogP contribution in [-0.2, 0) is 0 Å². The lowest BCUT2D eigenvalue weighted by Crippen LogP contribution is -2.46. The van der Waals surface area contributed by atoms with E-state index in [0.717, 1.165) is 0 Å². The number of pyridine rings is 1. The molecule has 0 aromatic carbocycles. The van der Waals surface area contributed by atoms with E-state index in [-0.39, 0.29) is 5.54 Å². The van der Waals surface area contributed by atoms with Crippen LogP contribution in [0.1, 0.15) is 34.6 Å². The first-order chi connectivity index (χ1) is 6.89. The van der Waals surface area contributed by atoms with Crippen LogP contribution in [0, 0.1) is 11.8 Å². The molecule has 0 bridgehead atoms. The second kappa shape index (κ2) is 6.57. The van der Waals surface area contributed by atoms with E-state index in [0.29, 0.717) is 11.8 Å². The molecular formula is C13H24N2. The van der Waals surface area contributed by atoms with E-state index in [1.807, 2.05) is 18.2 Å². The minimum Gasteiger partial charge on any atom is -0.325 e. The van der Waals surface area contributed by atoms with E-state index in [1.165, 1.54) is 0 Å². The van der Waals surface area contributed by atoms with Crippen LogP contribution in [0.25, 0.3) is 0 Å². The molecule has 0 saturated carbocycles.